The molecule has 0 aliphatic rings. The first-order chi connectivity index (χ1) is 6.38. The van der Waals surface area contributed by atoms with Crippen molar-refractivity contribution >= 4 is 5.69 Å². The van der Waals surface area contributed by atoms with Gasteiger partial charge in [0.1, 0.15) is 0 Å². The maximum atomic E-state index is 5.48. The number of hydrogen-bond donors (Lipinski definition) is 1. The fourth-order valence-corrected chi connectivity index (χ4v) is 1.39. The molecule has 0 saturated carbocycles. The second kappa shape index (κ2) is 5.60. The van der Waals surface area contributed by atoms with Crippen LogP contribution in [0.3, 0.4) is 0 Å². The zero-order valence-electron chi connectivity index (χ0n) is 8.24. The molecule has 0 aliphatic carbocycles. The molecule has 2 N–H and O–H groups in total. The Morgan fingerprint density at radius 3 is 2.46 bits per heavy atom. The van der Waals surface area contributed by atoms with Gasteiger partial charge in [-0.2, -0.15) is 0 Å². The van der Waals surface area contributed by atoms with Gasteiger partial charge in [-0.25, -0.2) is 0 Å². The first kappa shape index (κ1) is 10.1. The zero-order valence-corrected chi connectivity index (χ0v) is 8.24. The molecule has 0 radical (unpaired) electrons. The number of nitrogens with two attached hydrogens (primary N) is 1. The third kappa shape index (κ3) is 3.07. The van der Waals surface area contributed by atoms with E-state index in [9.17, 15) is 0 Å². The average molecular weight is 178 g/mol. The van der Waals surface area contributed by atoms with Crippen molar-refractivity contribution in [1.82, 2.24) is 0 Å². The van der Waals surface area contributed by atoms with Gasteiger partial charge in [-0.3, -0.25) is 0 Å². The van der Waals surface area contributed by atoms with E-state index in [2.05, 4.69) is 36.1 Å². The largest absolute Gasteiger partial charge is 0.372 e. The number of hydrogen-bond acceptors (Lipinski definition) is 2. The average Bonchev–Trinajstić information content (AvgIpc) is 2.21. The summed E-state index contributed by atoms with van der Waals surface area (Å²) < 4.78 is 0. The Kier molecular flexibility index (Phi) is 4.33. The summed E-state index contributed by atoms with van der Waals surface area (Å²) in [6.07, 6.45) is 1.06. The van der Waals surface area contributed by atoms with Crippen LogP contribution in [0.25, 0.3) is 0 Å². The van der Waals surface area contributed by atoms with E-state index in [1.165, 1.54) is 5.69 Å². The third-order valence-electron chi connectivity index (χ3n) is 2.14. The molecule has 1 aromatic rings. The number of rotatable bonds is 5. The van der Waals surface area contributed by atoms with Gasteiger partial charge in [0.05, 0.1) is 0 Å². The van der Waals surface area contributed by atoms with E-state index in [0.29, 0.717) is 0 Å². The molecular weight excluding hydrogens is 160 g/mol. The number of anilines is 1. The maximum absolute atomic E-state index is 5.48. The summed E-state index contributed by atoms with van der Waals surface area (Å²) in [6.45, 7) is 5.04. The van der Waals surface area contributed by atoms with E-state index < -0.39 is 0 Å². The molecule has 0 spiro atoms. The number of nitrogens with zero attached hydrogens (tertiary/aromatic N) is 1. The highest BCUT2D eigenvalue weighted by molar-refractivity contribution is 5.45. The topological polar surface area (TPSA) is 29.3 Å². The van der Waals surface area contributed by atoms with Gasteiger partial charge in [0.2, 0.25) is 0 Å². The minimum Gasteiger partial charge on any atom is -0.372 e. The van der Waals surface area contributed by atoms with Crippen molar-refractivity contribution in [1.29, 1.82) is 0 Å². The van der Waals surface area contributed by atoms with Crippen molar-refractivity contribution in [2.45, 2.75) is 13.3 Å². The summed E-state index contributed by atoms with van der Waals surface area (Å²) in [4.78, 5) is 2.34. The maximum Gasteiger partial charge on any atom is 0.0366 e. The summed E-state index contributed by atoms with van der Waals surface area (Å²) >= 11 is 0. The molecule has 0 saturated heterocycles. The van der Waals surface area contributed by atoms with E-state index in [-0.39, 0.29) is 0 Å². The lowest BCUT2D eigenvalue weighted by molar-refractivity contribution is 0.754. The molecule has 0 aromatic heterocycles. The van der Waals surface area contributed by atoms with E-state index >= 15 is 0 Å². The van der Waals surface area contributed by atoms with Gasteiger partial charge in [-0.15, -0.1) is 0 Å². The van der Waals surface area contributed by atoms with E-state index in [0.717, 1.165) is 26.1 Å². The molecule has 1 aromatic carbocycles. The summed E-state index contributed by atoms with van der Waals surface area (Å²) in [5.74, 6) is 0. The highest BCUT2D eigenvalue weighted by Crippen LogP contribution is 2.12. The Bertz CT molecular complexity index is 221. The number of para-hydroxylation sites is 1. The molecule has 2 heteroatoms. The molecule has 0 atom stereocenters. The van der Waals surface area contributed by atoms with Gasteiger partial charge in [0.15, 0.2) is 0 Å². The van der Waals surface area contributed by atoms with Gasteiger partial charge >= 0.3 is 0 Å². The normalized spacial score (nSPS) is 10.0. The quantitative estimate of drug-likeness (QED) is 0.745. The van der Waals surface area contributed by atoms with Crippen molar-refractivity contribution < 1.29 is 0 Å². The standard InChI is InChI=1S/C11H18N2/c1-2-13(10-6-9-12)11-7-4-3-5-8-11/h3-5,7-8H,2,6,9-10,12H2,1H3. The molecule has 0 aliphatic heterocycles. The predicted molar refractivity (Wildman–Crippen MR) is 58.0 cm³/mol. The van der Waals surface area contributed by atoms with E-state index in [1.807, 2.05) is 6.07 Å². The Morgan fingerprint density at radius 1 is 1.23 bits per heavy atom. The smallest absolute Gasteiger partial charge is 0.0366 e. The predicted octanol–water partition coefficient (Wildman–Crippen LogP) is 1.86. The second-order valence-electron chi connectivity index (χ2n) is 3.06. The van der Waals surface area contributed by atoms with Gasteiger partial charge < -0.3 is 10.6 Å². The van der Waals surface area contributed by atoms with Crippen LogP contribution < -0.4 is 10.6 Å². The van der Waals surface area contributed by atoms with Gasteiger partial charge in [0.25, 0.3) is 0 Å². The molecule has 13 heavy (non-hydrogen) atoms. The van der Waals surface area contributed by atoms with E-state index in [1.54, 1.807) is 0 Å². The van der Waals surface area contributed by atoms with Crippen molar-refractivity contribution in [2.75, 3.05) is 24.5 Å². The minimum absolute atomic E-state index is 0.767. The summed E-state index contributed by atoms with van der Waals surface area (Å²) in [5.41, 5.74) is 6.77. The van der Waals surface area contributed by atoms with Crippen LogP contribution in [0, 0.1) is 0 Å². The van der Waals surface area contributed by atoms with Crippen molar-refractivity contribution in [3.05, 3.63) is 30.3 Å². The Hall–Kier alpha value is -1.02. The van der Waals surface area contributed by atoms with Gasteiger partial charge in [0, 0.05) is 18.8 Å². The first-order valence-corrected chi connectivity index (χ1v) is 4.88. The molecule has 72 valence electrons. The lowest BCUT2D eigenvalue weighted by atomic mass is 10.2. The van der Waals surface area contributed by atoms with Crippen LogP contribution in [0.2, 0.25) is 0 Å². The van der Waals surface area contributed by atoms with Crippen LogP contribution in [0.15, 0.2) is 30.3 Å². The lowest BCUT2D eigenvalue weighted by Gasteiger charge is -2.22. The summed E-state index contributed by atoms with van der Waals surface area (Å²) in [6, 6.07) is 10.5. The monoisotopic (exact) mass is 178 g/mol. The Labute approximate surface area is 80.4 Å². The van der Waals surface area contributed by atoms with Crippen LogP contribution >= 0.6 is 0 Å². The fourth-order valence-electron chi connectivity index (χ4n) is 1.39. The Morgan fingerprint density at radius 2 is 1.92 bits per heavy atom. The molecule has 0 bridgehead atoms. The highest BCUT2D eigenvalue weighted by Gasteiger charge is 2.00. The second-order valence-corrected chi connectivity index (χ2v) is 3.06. The molecular formula is C11H18N2. The molecule has 0 heterocycles. The molecule has 0 fully saturated rings. The minimum atomic E-state index is 0.767. The molecule has 0 unspecified atom stereocenters. The van der Waals surface area contributed by atoms with Gasteiger partial charge in [-0.05, 0) is 32.0 Å². The van der Waals surface area contributed by atoms with Crippen LogP contribution in [-0.2, 0) is 0 Å². The Balaban J connectivity index is 2.56. The van der Waals surface area contributed by atoms with Gasteiger partial charge in [-0.1, -0.05) is 18.2 Å². The van der Waals surface area contributed by atoms with Crippen molar-refractivity contribution in [3.8, 4) is 0 Å². The van der Waals surface area contributed by atoms with E-state index in [4.69, 9.17) is 5.73 Å². The van der Waals surface area contributed by atoms with Crippen LogP contribution in [0.5, 0.6) is 0 Å². The van der Waals surface area contributed by atoms with Crippen molar-refractivity contribution in [3.63, 3.8) is 0 Å². The molecule has 2 nitrogen and oxygen atoms in total. The summed E-state index contributed by atoms with van der Waals surface area (Å²) in [5, 5.41) is 0. The molecule has 1 rings (SSSR count). The molecule has 0 amide bonds. The summed E-state index contributed by atoms with van der Waals surface area (Å²) in [7, 11) is 0. The highest BCUT2D eigenvalue weighted by atomic mass is 15.1. The zero-order chi connectivity index (χ0) is 9.52. The number of benzene rings is 1. The fraction of sp³-hybridized carbons (Fsp3) is 0.455. The van der Waals surface area contributed by atoms with Crippen LogP contribution in [-0.4, -0.2) is 19.6 Å². The SMILES string of the molecule is CCN(CCCN)c1ccccc1. The lowest BCUT2D eigenvalue weighted by Crippen LogP contribution is -2.25. The third-order valence-corrected chi connectivity index (χ3v) is 2.14. The van der Waals surface area contributed by atoms with Crippen LogP contribution in [0.4, 0.5) is 5.69 Å². The first-order valence-electron chi connectivity index (χ1n) is 4.88. The van der Waals surface area contributed by atoms with Crippen molar-refractivity contribution in [2.24, 2.45) is 5.73 Å². The van der Waals surface area contributed by atoms with Crippen LogP contribution in [0.1, 0.15) is 13.3 Å².